The molecule has 1 aliphatic rings. The third kappa shape index (κ3) is 4.73. The largest absolute Gasteiger partial charge is 0.513 e. The van der Waals surface area contributed by atoms with Crippen LogP contribution in [0.1, 0.15) is 18.4 Å². The predicted octanol–water partition coefficient (Wildman–Crippen LogP) is 6.32. The Morgan fingerprint density at radius 1 is 1.16 bits per heavy atom. The maximum absolute atomic E-state index is 12.9. The van der Waals surface area contributed by atoms with Gasteiger partial charge in [-0.15, -0.1) is 0 Å². The molecule has 0 aliphatic carbocycles. The van der Waals surface area contributed by atoms with Crippen molar-refractivity contribution in [2.24, 2.45) is 0 Å². The van der Waals surface area contributed by atoms with Crippen LogP contribution < -0.4 is 14.4 Å². The molecule has 2 aromatic carbocycles. The molecule has 0 spiro atoms. The Labute approximate surface area is 183 Å². The van der Waals surface area contributed by atoms with Crippen molar-refractivity contribution in [2.75, 3.05) is 18.0 Å². The number of nitrogens with zero attached hydrogens (tertiary/aromatic N) is 1. The molecule has 1 aromatic heterocycles. The number of halogens is 4. The van der Waals surface area contributed by atoms with Gasteiger partial charge in [-0.1, -0.05) is 6.07 Å². The topological polar surface area (TPSA) is 72.1 Å². The van der Waals surface area contributed by atoms with Crippen LogP contribution in [0.3, 0.4) is 0 Å². The van der Waals surface area contributed by atoms with E-state index in [1.54, 1.807) is 6.07 Å². The van der Waals surface area contributed by atoms with Crippen LogP contribution >= 0.6 is 15.9 Å². The molecule has 3 aromatic rings. The Morgan fingerprint density at radius 3 is 2.58 bits per heavy atom. The number of piperidine rings is 1. The highest BCUT2D eigenvalue weighted by Gasteiger charge is 2.31. The van der Waals surface area contributed by atoms with Crippen LogP contribution in [0.4, 0.5) is 23.7 Å². The van der Waals surface area contributed by atoms with Crippen LogP contribution in [-0.4, -0.2) is 30.5 Å². The number of carbonyl (C=O) groups is 1. The van der Waals surface area contributed by atoms with Gasteiger partial charge in [0.15, 0.2) is 0 Å². The van der Waals surface area contributed by atoms with Gasteiger partial charge in [0.1, 0.15) is 17.4 Å². The van der Waals surface area contributed by atoms with Crippen molar-refractivity contribution < 1.29 is 37.0 Å². The van der Waals surface area contributed by atoms with Crippen LogP contribution in [-0.2, 0) is 6.18 Å². The molecule has 31 heavy (non-hydrogen) atoms. The fourth-order valence-corrected chi connectivity index (χ4v) is 4.27. The zero-order chi connectivity index (χ0) is 22.2. The Balaban J connectivity index is 1.43. The maximum Gasteiger partial charge on any atom is 0.513 e. The smallest absolute Gasteiger partial charge is 0.490 e. The van der Waals surface area contributed by atoms with E-state index in [9.17, 15) is 18.0 Å². The lowest BCUT2D eigenvalue weighted by Crippen LogP contribution is -2.38. The van der Waals surface area contributed by atoms with E-state index in [1.165, 1.54) is 18.2 Å². The number of fused-ring (bicyclic) bond motifs is 1. The molecule has 0 atom stereocenters. The van der Waals surface area contributed by atoms with Crippen LogP contribution in [0, 0.1) is 0 Å². The van der Waals surface area contributed by atoms with Gasteiger partial charge in [0.2, 0.25) is 0 Å². The van der Waals surface area contributed by atoms with Crippen molar-refractivity contribution in [2.45, 2.75) is 25.1 Å². The van der Waals surface area contributed by atoms with Gasteiger partial charge < -0.3 is 23.9 Å². The summed E-state index contributed by atoms with van der Waals surface area (Å²) >= 11 is 3.55. The van der Waals surface area contributed by atoms with Gasteiger partial charge in [-0.05, 0) is 46.3 Å². The van der Waals surface area contributed by atoms with Crippen LogP contribution in [0.2, 0.25) is 0 Å². The number of rotatable bonds is 4. The minimum atomic E-state index is -4.41. The molecule has 164 valence electrons. The van der Waals surface area contributed by atoms with Crippen LogP contribution in [0.5, 0.6) is 11.7 Å². The number of furan rings is 1. The Hall–Kier alpha value is -2.88. The normalized spacial score (nSPS) is 15.3. The molecule has 10 heteroatoms. The van der Waals surface area contributed by atoms with Crippen molar-refractivity contribution in [3.8, 4) is 11.7 Å². The maximum atomic E-state index is 12.9. The first-order valence-corrected chi connectivity index (χ1v) is 10.2. The van der Waals surface area contributed by atoms with Gasteiger partial charge in [0.25, 0.3) is 5.95 Å². The summed E-state index contributed by atoms with van der Waals surface area (Å²) in [5.41, 5.74) is 0.647. The molecule has 0 unspecified atom stereocenters. The van der Waals surface area contributed by atoms with Crippen molar-refractivity contribution in [1.82, 2.24) is 0 Å². The fraction of sp³-hybridized carbons (Fsp3) is 0.286. The second kappa shape index (κ2) is 8.33. The monoisotopic (exact) mass is 499 g/mol. The molecule has 0 bridgehead atoms. The highest BCUT2D eigenvalue weighted by molar-refractivity contribution is 9.10. The zero-order valence-electron chi connectivity index (χ0n) is 16.0. The number of benzene rings is 2. The minimum Gasteiger partial charge on any atom is -0.490 e. The summed E-state index contributed by atoms with van der Waals surface area (Å²) in [7, 11) is 0. The van der Waals surface area contributed by atoms with E-state index in [0.29, 0.717) is 36.9 Å². The number of ether oxygens (including phenoxy) is 2. The van der Waals surface area contributed by atoms with Crippen LogP contribution in [0.25, 0.3) is 11.0 Å². The van der Waals surface area contributed by atoms with Gasteiger partial charge in [-0.25, -0.2) is 4.79 Å². The fourth-order valence-electron chi connectivity index (χ4n) is 3.58. The Bertz CT molecular complexity index is 1110. The lowest BCUT2D eigenvalue weighted by atomic mass is 10.1. The third-order valence-electron chi connectivity index (χ3n) is 5.03. The average Bonchev–Trinajstić information content (AvgIpc) is 3.11. The van der Waals surface area contributed by atoms with Crippen molar-refractivity contribution in [3.63, 3.8) is 0 Å². The molecule has 1 N–H and O–H groups in total. The number of anilines is 1. The Kier molecular flexibility index (Phi) is 5.74. The third-order valence-corrected chi connectivity index (χ3v) is 5.86. The molecule has 1 aliphatic heterocycles. The molecule has 0 amide bonds. The summed E-state index contributed by atoms with van der Waals surface area (Å²) in [6, 6.07) is 10.00. The molecule has 1 saturated heterocycles. The highest BCUT2D eigenvalue weighted by Crippen LogP contribution is 2.39. The van der Waals surface area contributed by atoms with Gasteiger partial charge in [0.05, 0.1) is 15.7 Å². The quantitative estimate of drug-likeness (QED) is 0.423. The SMILES string of the molecule is O=C(O)Oc1cc2c(Br)c(N3CCC(Oc4cccc(C(F)(F)F)c4)CC3)ccc2o1. The van der Waals surface area contributed by atoms with E-state index in [-0.39, 0.29) is 17.8 Å². The predicted molar refractivity (Wildman–Crippen MR) is 110 cm³/mol. The molecule has 0 radical (unpaired) electrons. The van der Waals surface area contributed by atoms with Crippen molar-refractivity contribution in [3.05, 3.63) is 52.5 Å². The number of hydrogen-bond donors (Lipinski definition) is 1. The first-order valence-electron chi connectivity index (χ1n) is 9.42. The summed E-state index contributed by atoms with van der Waals surface area (Å²) in [5.74, 6) is 0.0915. The minimum absolute atomic E-state index is 0.117. The highest BCUT2D eigenvalue weighted by atomic mass is 79.9. The van der Waals surface area contributed by atoms with E-state index < -0.39 is 17.9 Å². The lowest BCUT2D eigenvalue weighted by Gasteiger charge is -2.34. The number of carboxylic acid groups (broad SMARTS) is 1. The van der Waals surface area contributed by atoms with Gasteiger partial charge >= 0.3 is 12.3 Å². The molecule has 6 nitrogen and oxygen atoms in total. The molecule has 0 saturated carbocycles. The van der Waals surface area contributed by atoms with E-state index in [2.05, 4.69) is 25.6 Å². The van der Waals surface area contributed by atoms with Gasteiger partial charge in [-0.3, -0.25) is 0 Å². The van der Waals surface area contributed by atoms with Gasteiger partial charge in [-0.2, -0.15) is 13.2 Å². The van der Waals surface area contributed by atoms with E-state index in [0.717, 1.165) is 22.3 Å². The Morgan fingerprint density at radius 2 is 1.90 bits per heavy atom. The summed E-state index contributed by atoms with van der Waals surface area (Å²) in [6.45, 7) is 1.29. The second-order valence-electron chi connectivity index (χ2n) is 7.07. The molecule has 2 heterocycles. The molecule has 1 fully saturated rings. The summed E-state index contributed by atoms with van der Waals surface area (Å²) < 4.78 is 55.1. The lowest BCUT2D eigenvalue weighted by molar-refractivity contribution is -0.137. The summed E-state index contributed by atoms with van der Waals surface area (Å²) in [4.78, 5) is 12.8. The first kappa shape index (κ1) is 21.4. The average molecular weight is 500 g/mol. The number of alkyl halides is 3. The molecular weight excluding hydrogens is 483 g/mol. The standard InChI is InChI=1S/C21H17BrF3NO5/c22-19-15-11-18(31-20(27)28)30-17(15)5-4-16(19)26-8-6-13(7-9-26)29-14-3-1-2-12(10-14)21(23,24)25/h1-5,10-11,13H,6-9H2,(H,27,28). The van der Waals surface area contributed by atoms with E-state index in [4.69, 9.17) is 14.3 Å². The summed E-state index contributed by atoms with van der Waals surface area (Å²) in [5, 5.41) is 9.41. The van der Waals surface area contributed by atoms with Gasteiger partial charge in [0, 0.05) is 37.4 Å². The van der Waals surface area contributed by atoms with E-state index in [1.807, 2.05) is 6.07 Å². The van der Waals surface area contributed by atoms with Crippen molar-refractivity contribution in [1.29, 1.82) is 0 Å². The van der Waals surface area contributed by atoms with E-state index >= 15 is 0 Å². The summed E-state index contributed by atoms with van der Waals surface area (Å²) in [6.07, 6.45) is -4.78. The van der Waals surface area contributed by atoms with Crippen molar-refractivity contribution >= 4 is 38.7 Å². The first-order chi connectivity index (χ1) is 14.7. The molecule has 4 rings (SSSR count). The van der Waals surface area contributed by atoms with Crippen LogP contribution in [0.15, 0.2) is 51.4 Å². The second-order valence-corrected chi connectivity index (χ2v) is 7.87. The zero-order valence-corrected chi connectivity index (χ0v) is 17.6. The number of hydrogen-bond acceptors (Lipinski definition) is 5. The molecular formula is C21H17BrF3NO5.